The van der Waals surface area contributed by atoms with Crippen molar-refractivity contribution in [2.75, 3.05) is 10.6 Å². The van der Waals surface area contributed by atoms with E-state index in [0.717, 1.165) is 18.1 Å². The zero-order chi connectivity index (χ0) is 27.4. The van der Waals surface area contributed by atoms with Crippen LogP contribution >= 0.6 is 11.6 Å². The molecule has 0 atom stereocenters. The summed E-state index contributed by atoms with van der Waals surface area (Å²) >= 11 is 6.10. The van der Waals surface area contributed by atoms with E-state index in [0.29, 0.717) is 59.5 Å². The highest BCUT2D eigenvalue weighted by atomic mass is 35.5. The third kappa shape index (κ3) is 6.75. The number of fused-ring (bicyclic) bond motifs is 1. The maximum Gasteiger partial charge on any atom is 0.433 e. The number of pyridine rings is 1. The number of anilines is 2. The summed E-state index contributed by atoms with van der Waals surface area (Å²) in [5.41, 5.74) is 1.61. The van der Waals surface area contributed by atoms with Crippen LogP contribution in [0.3, 0.4) is 0 Å². The van der Waals surface area contributed by atoms with Crippen LogP contribution in [0.1, 0.15) is 67.1 Å². The quantitative estimate of drug-likeness (QED) is 0.295. The monoisotopic (exact) mass is 546 g/mol. The van der Waals surface area contributed by atoms with Crippen LogP contribution in [0.4, 0.5) is 24.5 Å². The number of carbonyl (C=O) groups is 2. The predicted octanol–water partition coefficient (Wildman–Crippen LogP) is 7.11. The minimum absolute atomic E-state index is 0.0424. The molecule has 1 aromatic heterocycles. The molecular formula is C28H30ClF3N4O2. The highest BCUT2D eigenvalue weighted by Crippen LogP contribution is 2.35. The number of hydrogen-bond donors (Lipinski definition) is 3. The number of aromatic nitrogens is 1. The highest BCUT2D eigenvalue weighted by molar-refractivity contribution is 6.31. The zero-order valence-corrected chi connectivity index (χ0v) is 22.0. The van der Waals surface area contributed by atoms with E-state index in [-0.39, 0.29) is 29.4 Å². The number of carbonyl (C=O) groups excluding carboxylic acids is 2. The minimum atomic E-state index is -4.57. The van der Waals surface area contributed by atoms with Crippen molar-refractivity contribution in [1.29, 1.82) is 0 Å². The van der Waals surface area contributed by atoms with E-state index >= 15 is 0 Å². The van der Waals surface area contributed by atoms with Crippen molar-refractivity contribution in [2.24, 2.45) is 0 Å². The van der Waals surface area contributed by atoms with E-state index in [9.17, 15) is 22.8 Å². The molecule has 1 heterocycles. The van der Waals surface area contributed by atoms with E-state index in [1.54, 1.807) is 24.3 Å². The molecule has 1 fully saturated rings. The molecule has 1 aliphatic carbocycles. The number of amides is 2. The number of halogens is 4. The van der Waals surface area contributed by atoms with Gasteiger partial charge in [0.25, 0.3) is 5.91 Å². The lowest BCUT2D eigenvalue weighted by Crippen LogP contribution is -2.40. The Balaban J connectivity index is 1.38. The Kier molecular flexibility index (Phi) is 8.45. The average molecular weight is 547 g/mol. The fourth-order valence-corrected chi connectivity index (χ4v) is 4.89. The summed E-state index contributed by atoms with van der Waals surface area (Å²) in [6.07, 6.45) is -0.647. The first kappa shape index (κ1) is 27.7. The van der Waals surface area contributed by atoms with Crippen molar-refractivity contribution < 1.29 is 22.8 Å². The molecule has 3 N–H and O–H groups in total. The Morgan fingerprint density at radius 2 is 1.71 bits per heavy atom. The molecule has 1 saturated carbocycles. The third-order valence-electron chi connectivity index (χ3n) is 6.72. The van der Waals surface area contributed by atoms with Crippen LogP contribution in [0.2, 0.25) is 5.02 Å². The lowest BCUT2D eigenvalue weighted by molar-refractivity contribution is -0.140. The lowest BCUT2D eigenvalue weighted by atomic mass is 9.90. The molecule has 202 valence electrons. The molecule has 2 aromatic carbocycles. The second-order valence-corrected chi connectivity index (χ2v) is 10.1. The Labute approximate surface area is 224 Å². The molecule has 0 saturated heterocycles. The maximum atomic E-state index is 13.4. The second kappa shape index (κ2) is 11.6. The van der Waals surface area contributed by atoms with E-state index in [1.807, 2.05) is 13.8 Å². The van der Waals surface area contributed by atoms with E-state index in [2.05, 4.69) is 20.9 Å². The van der Waals surface area contributed by atoms with Crippen LogP contribution in [0.25, 0.3) is 10.9 Å². The molecular weight excluding hydrogens is 517 g/mol. The number of aryl methyl sites for hydroxylation is 1. The fraction of sp³-hybridized carbons (Fsp3) is 0.393. The Hall–Kier alpha value is -3.33. The fourth-order valence-electron chi connectivity index (χ4n) is 4.72. The van der Waals surface area contributed by atoms with Crippen LogP contribution in [-0.2, 0) is 11.0 Å². The van der Waals surface area contributed by atoms with Crippen LogP contribution in [0, 0.1) is 6.92 Å². The molecule has 0 aliphatic heterocycles. The van der Waals surface area contributed by atoms with Gasteiger partial charge in [-0.15, -0.1) is 0 Å². The van der Waals surface area contributed by atoms with Gasteiger partial charge in [0, 0.05) is 45.9 Å². The topological polar surface area (TPSA) is 83.1 Å². The van der Waals surface area contributed by atoms with Gasteiger partial charge in [-0.05, 0) is 87.1 Å². The van der Waals surface area contributed by atoms with Gasteiger partial charge in [-0.3, -0.25) is 9.59 Å². The molecule has 0 bridgehead atoms. The molecule has 0 radical (unpaired) electrons. The first-order valence-electron chi connectivity index (χ1n) is 12.7. The Morgan fingerprint density at radius 1 is 1.00 bits per heavy atom. The number of rotatable bonds is 7. The van der Waals surface area contributed by atoms with Gasteiger partial charge in [0.1, 0.15) is 5.69 Å². The molecule has 4 rings (SSSR count). The van der Waals surface area contributed by atoms with Crippen molar-refractivity contribution in [3.05, 3.63) is 64.3 Å². The predicted molar refractivity (Wildman–Crippen MR) is 144 cm³/mol. The second-order valence-electron chi connectivity index (χ2n) is 9.71. The van der Waals surface area contributed by atoms with Gasteiger partial charge >= 0.3 is 6.18 Å². The van der Waals surface area contributed by atoms with Gasteiger partial charge in [-0.25, -0.2) is 4.98 Å². The van der Waals surface area contributed by atoms with Gasteiger partial charge in [0.2, 0.25) is 5.91 Å². The van der Waals surface area contributed by atoms with Crippen LogP contribution in [0.15, 0.2) is 42.5 Å². The average Bonchev–Trinajstić information content (AvgIpc) is 2.86. The molecule has 2 amide bonds. The Morgan fingerprint density at radius 3 is 2.37 bits per heavy atom. The van der Waals surface area contributed by atoms with Crippen molar-refractivity contribution in [2.45, 2.75) is 70.6 Å². The van der Waals surface area contributed by atoms with Gasteiger partial charge in [0.15, 0.2) is 0 Å². The number of hydrogen-bond acceptors (Lipinski definition) is 4. The first-order chi connectivity index (χ1) is 18.0. The zero-order valence-electron chi connectivity index (χ0n) is 21.2. The van der Waals surface area contributed by atoms with Crippen molar-refractivity contribution in [3.8, 4) is 0 Å². The summed E-state index contributed by atoms with van der Waals surface area (Å²) in [5, 5.41) is 10.1. The molecule has 6 nitrogen and oxygen atoms in total. The minimum Gasteiger partial charge on any atom is -0.382 e. The highest BCUT2D eigenvalue weighted by Gasteiger charge is 2.34. The number of alkyl halides is 3. The smallest absolute Gasteiger partial charge is 0.382 e. The SMILES string of the molecule is CCCC(=O)Nc1ccc(C(=O)NC2CCC(Nc3cc(C(F)(F)F)nc4ccc(Cl)cc34)CC2)cc1C. The van der Waals surface area contributed by atoms with Gasteiger partial charge in [-0.1, -0.05) is 18.5 Å². The van der Waals surface area contributed by atoms with E-state index in [1.165, 1.54) is 12.1 Å². The Bertz CT molecular complexity index is 1340. The molecule has 38 heavy (non-hydrogen) atoms. The van der Waals surface area contributed by atoms with Gasteiger partial charge < -0.3 is 16.0 Å². The normalized spacial score (nSPS) is 17.7. The van der Waals surface area contributed by atoms with Crippen molar-refractivity contribution in [1.82, 2.24) is 10.3 Å². The lowest BCUT2D eigenvalue weighted by Gasteiger charge is -2.31. The molecule has 1 aliphatic rings. The number of nitrogens with zero attached hydrogens (tertiary/aromatic N) is 1. The van der Waals surface area contributed by atoms with Gasteiger partial charge in [0.05, 0.1) is 5.52 Å². The largest absolute Gasteiger partial charge is 0.433 e. The van der Waals surface area contributed by atoms with E-state index in [4.69, 9.17) is 11.6 Å². The third-order valence-corrected chi connectivity index (χ3v) is 6.96. The van der Waals surface area contributed by atoms with E-state index < -0.39 is 11.9 Å². The van der Waals surface area contributed by atoms with Crippen molar-refractivity contribution >= 4 is 45.7 Å². The molecule has 3 aromatic rings. The summed E-state index contributed by atoms with van der Waals surface area (Å²) < 4.78 is 40.3. The van der Waals surface area contributed by atoms with Gasteiger partial charge in [-0.2, -0.15) is 13.2 Å². The van der Waals surface area contributed by atoms with Crippen LogP contribution in [-0.4, -0.2) is 28.9 Å². The number of benzene rings is 2. The summed E-state index contributed by atoms with van der Waals surface area (Å²) in [6, 6.07) is 10.7. The summed E-state index contributed by atoms with van der Waals surface area (Å²) in [6.45, 7) is 3.78. The van der Waals surface area contributed by atoms with Crippen molar-refractivity contribution in [3.63, 3.8) is 0 Å². The van der Waals surface area contributed by atoms with Crippen LogP contribution in [0.5, 0.6) is 0 Å². The maximum absolute atomic E-state index is 13.4. The molecule has 10 heteroatoms. The van der Waals surface area contributed by atoms with Crippen LogP contribution < -0.4 is 16.0 Å². The molecule has 0 unspecified atom stereocenters. The standard InChI is InChI=1S/C28H30ClF3N4O2/c1-3-4-26(37)36-22-11-5-17(13-16(22)2)27(38)34-20-9-7-19(8-10-20)33-24-15-25(28(30,31)32)35-23-12-6-18(29)14-21(23)24/h5-6,11-15,19-20H,3-4,7-10H2,1-2H3,(H,33,35)(H,34,38)(H,36,37). The summed E-state index contributed by atoms with van der Waals surface area (Å²) in [7, 11) is 0. The number of nitrogens with one attached hydrogen (secondary N) is 3. The first-order valence-corrected chi connectivity index (χ1v) is 13.1. The summed E-state index contributed by atoms with van der Waals surface area (Å²) in [5.74, 6) is -0.254. The summed E-state index contributed by atoms with van der Waals surface area (Å²) in [4.78, 5) is 28.5. The molecule has 0 spiro atoms.